The molecule has 0 aliphatic rings. The fourth-order valence-electron chi connectivity index (χ4n) is 2.88. The minimum absolute atomic E-state index is 0.0218. The molecule has 0 saturated heterocycles. The highest BCUT2D eigenvalue weighted by Gasteiger charge is 2.18. The van der Waals surface area contributed by atoms with E-state index in [1.54, 1.807) is 0 Å². The zero-order chi connectivity index (χ0) is 15.0. The first kappa shape index (κ1) is 13.6. The normalized spacial score (nSPS) is 12.7. The summed E-state index contributed by atoms with van der Waals surface area (Å²) in [6.45, 7) is 3.76. The van der Waals surface area contributed by atoms with E-state index in [0.29, 0.717) is 17.2 Å². The number of carbonyl (C=O) groups excluding carboxylic acids is 1. The van der Waals surface area contributed by atoms with E-state index >= 15 is 0 Å². The van der Waals surface area contributed by atoms with Gasteiger partial charge in [-0.1, -0.05) is 31.2 Å². The molecule has 2 aromatic carbocycles. The number of hydrogen-bond acceptors (Lipinski definition) is 2. The van der Waals surface area contributed by atoms with Crippen LogP contribution in [0.2, 0.25) is 0 Å². The molecule has 106 valence electrons. The molecule has 1 aromatic heterocycles. The number of Topliss-reactive ketones (excluding diaryl/α,β-unsaturated/α-hetero) is 1. The fourth-order valence-corrected chi connectivity index (χ4v) is 2.88. The predicted octanol–water partition coefficient (Wildman–Crippen LogP) is 3.69. The molecule has 1 atom stereocenters. The molecule has 1 unspecified atom stereocenters. The van der Waals surface area contributed by atoms with Gasteiger partial charge in [-0.05, 0) is 31.2 Å². The van der Waals surface area contributed by atoms with Gasteiger partial charge in [0.05, 0.1) is 17.1 Å². The third-order valence-electron chi connectivity index (χ3n) is 4.02. The summed E-state index contributed by atoms with van der Waals surface area (Å²) >= 11 is 0. The smallest absolute Gasteiger partial charge is 0.197 e. The van der Waals surface area contributed by atoms with E-state index in [4.69, 9.17) is 0 Å². The van der Waals surface area contributed by atoms with Crippen molar-refractivity contribution in [2.75, 3.05) is 0 Å². The van der Waals surface area contributed by atoms with Crippen molar-refractivity contribution >= 4 is 27.6 Å². The van der Waals surface area contributed by atoms with Gasteiger partial charge in [0.1, 0.15) is 0 Å². The van der Waals surface area contributed by atoms with E-state index in [9.17, 15) is 9.59 Å². The van der Waals surface area contributed by atoms with Crippen LogP contribution in [-0.4, -0.2) is 10.4 Å². The van der Waals surface area contributed by atoms with E-state index in [2.05, 4.69) is 0 Å². The van der Waals surface area contributed by atoms with Crippen molar-refractivity contribution in [3.05, 3.63) is 58.8 Å². The summed E-state index contributed by atoms with van der Waals surface area (Å²) in [6, 6.07) is 14.7. The molecular weight excluding hydrogens is 262 g/mol. The standard InChI is InChI=1S/C18H17NO2/c1-3-17(20)12(2)19-15-10-6-4-8-13(15)18(21)14-9-5-7-11-16(14)19/h4-12H,3H2,1-2H3. The number of ketones is 1. The van der Waals surface area contributed by atoms with Crippen molar-refractivity contribution in [3.8, 4) is 0 Å². The van der Waals surface area contributed by atoms with E-state index in [1.165, 1.54) is 0 Å². The van der Waals surface area contributed by atoms with Crippen LogP contribution in [0.3, 0.4) is 0 Å². The number of para-hydroxylation sites is 2. The lowest BCUT2D eigenvalue weighted by atomic mass is 10.1. The summed E-state index contributed by atoms with van der Waals surface area (Å²) in [5.41, 5.74) is 1.65. The van der Waals surface area contributed by atoms with E-state index in [1.807, 2.05) is 66.9 Å². The molecule has 3 heteroatoms. The summed E-state index contributed by atoms with van der Waals surface area (Å²) in [7, 11) is 0. The van der Waals surface area contributed by atoms with Crippen LogP contribution in [0, 0.1) is 0 Å². The Morgan fingerprint density at radius 1 is 1.00 bits per heavy atom. The molecule has 0 aliphatic carbocycles. The highest BCUT2D eigenvalue weighted by atomic mass is 16.1. The molecule has 0 fully saturated rings. The molecule has 0 bridgehead atoms. The maximum Gasteiger partial charge on any atom is 0.197 e. The van der Waals surface area contributed by atoms with Gasteiger partial charge in [0.2, 0.25) is 0 Å². The average molecular weight is 279 g/mol. The molecule has 3 aromatic rings. The van der Waals surface area contributed by atoms with Crippen molar-refractivity contribution in [2.45, 2.75) is 26.3 Å². The van der Waals surface area contributed by atoms with E-state index < -0.39 is 0 Å². The zero-order valence-corrected chi connectivity index (χ0v) is 12.2. The van der Waals surface area contributed by atoms with Crippen LogP contribution in [-0.2, 0) is 4.79 Å². The zero-order valence-electron chi connectivity index (χ0n) is 12.2. The number of nitrogens with zero attached hydrogens (tertiary/aromatic N) is 1. The molecule has 0 amide bonds. The molecule has 3 rings (SSSR count). The molecular formula is C18H17NO2. The molecule has 21 heavy (non-hydrogen) atoms. The minimum Gasteiger partial charge on any atom is -0.330 e. The van der Waals surface area contributed by atoms with Crippen LogP contribution in [0.15, 0.2) is 53.3 Å². The van der Waals surface area contributed by atoms with Gasteiger partial charge in [0.15, 0.2) is 11.2 Å². The van der Waals surface area contributed by atoms with Gasteiger partial charge in [0.25, 0.3) is 0 Å². The van der Waals surface area contributed by atoms with E-state index in [0.717, 1.165) is 11.0 Å². The van der Waals surface area contributed by atoms with Gasteiger partial charge in [-0.3, -0.25) is 9.59 Å². The number of aromatic nitrogens is 1. The van der Waals surface area contributed by atoms with Crippen molar-refractivity contribution in [2.24, 2.45) is 0 Å². The summed E-state index contributed by atoms with van der Waals surface area (Å²) < 4.78 is 1.98. The van der Waals surface area contributed by atoms with Crippen LogP contribution < -0.4 is 5.43 Å². The van der Waals surface area contributed by atoms with Gasteiger partial charge in [-0.2, -0.15) is 0 Å². The lowest BCUT2D eigenvalue weighted by molar-refractivity contribution is -0.121. The Morgan fingerprint density at radius 2 is 1.48 bits per heavy atom. The number of benzene rings is 2. The second kappa shape index (κ2) is 5.17. The molecule has 1 heterocycles. The summed E-state index contributed by atoms with van der Waals surface area (Å²) in [4.78, 5) is 24.8. The maximum atomic E-state index is 12.6. The van der Waals surface area contributed by atoms with Gasteiger partial charge in [-0.15, -0.1) is 0 Å². The number of carbonyl (C=O) groups is 1. The summed E-state index contributed by atoms with van der Waals surface area (Å²) in [5, 5.41) is 1.32. The topological polar surface area (TPSA) is 39.1 Å². The lowest BCUT2D eigenvalue weighted by Gasteiger charge is -2.20. The van der Waals surface area contributed by atoms with Crippen molar-refractivity contribution in [1.82, 2.24) is 4.57 Å². The first-order chi connectivity index (χ1) is 10.1. The van der Waals surface area contributed by atoms with Crippen LogP contribution >= 0.6 is 0 Å². The second-order valence-corrected chi connectivity index (χ2v) is 5.23. The Hall–Kier alpha value is -2.42. The van der Waals surface area contributed by atoms with Crippen molar-refractivity contribution < 1.29 is 4.79 Å². The molecule has 0 spiro atoms. The predicted molar refractivity (Wildman–Crippen MR) is 85.7 cm³/mol. The van der Waals surface area contributed by atoms with Gasteiger partial charge in [0, 0.05) is 17.2 Å². The molecule has 0 aliphatic heterocycles. The van der Waals surface area contributed by atoms with Gasteiger partial charge in [-0.25, -0.2) is 0 Å². The third kappa shape index (κ3) is 2.05. The third-order valence-corrected chi connectivity index (χ3v) is 4.02. The Morgan fingerprint density at radius 3 is 1.95 bits per heavy atom. The highest BCUT2D eigenvalue weighted by molar-refractivity contribution is 5.96. The average Bonchev–Trinajstić information content (AvgIpc) is 2.54. The lowest BCUT2D eigenvalue weighted by Crippen LogP contribution is -2.20. The molecule has 0 saturated carbocycles. The maximum absolute atomic E-state index is 12.6. The SMILES string of the molecule is CCC(=O)C(C)n1c2ccccc2c(=O)c2ccccc21. The van der Waals surface area contributed by atoms with Crippen LogP contribution in [0.4, 0.5) is 0 Å². The first-order valence-corrected chi connectivity index (χ1v) is 7.20. The van der Waals surface area contributed by atoms with Gasteiger partial charge < -0.3 is 4.57 Å². The summed E-state index contributed by atoms with van der Waals surface area (Å²) in [6.07, 6.45) is 0.482. The minimum atomic E-state index is -0.287. The van der Waals surface area contributed by atoms with Gasteiger partial charge >= 0.3 is 0 Å². The Balaban J connectivity index is 2.52. The second-order valence-electron chi connectivity index (χ2n) is 5.23. The Labute approximate surface area is 122 Å². The van der Waals surface area contributed by atoms with Crippen LogP contribution in [0.5, 0.6) is 0 Å². The fraction of sp³-hybridized carbons (Fsp3) is 0.222. The highest BCUT2D eigenvalue weighted by Crippen LogP contribution is 2.24. The van der Waals surface area contributed by atoms with E-state index in [-0.39, 0.29) is 17.3 Å². The first-order valence-electron chi connectivity index (χ1n) is 7.20. The van der Waals surface area contributed by atoms with Crippen molar-refractivity contribution in [3.63, 3.8) is 0 Å². The summed E-state index contributed by atoms with van der Waals surface area (Å²) in [5.74, 6) is 0.161. The number of fused-ring (bicyclic) bond motifs is 2. The van der Waals surface area contributed by atoms with Crippen LogP contribution in [0.1, 0.15) is 26.3 Å². The monoisotopic (exact) mass is 279 g/mol. The number of hydrogen-bond donors (Lipinski definition) is 0. The molecule has 0 N–H and O–H groups in total. The largest absolute Gasteiger partial charge is 0.330 e. The molecule has 0 radical (unpaired) electrons. The van der Waals surface area contributed by atoms with Crippen molar-refractivity contribution in [1.29, 1.82) is 0 Å². The number of rotatable bonds is 3. The Kier molecular flexibility index (Phi) is 3.34. The Bertz CT molecular complexity index is 832. The molecule has 3 nitrogen and oxygen atoms in total. The quantitative estimate of drug-likeness (QED) is 0.686. The van der Waals surface area contributed by atoms with Crippen LogP contribution in [0.25, 0.3) is 21.8 Å². The number of pyridine rings is 1.